The number of benzene rings is 1. The van der Waals surface area contributed by atoms with Gasteiger partial charge >= 0.3 is 0 Å². The van der Waals surface area contributed by atoms with Crippen molar-refractivity contribution in [1.29, 1.82) is 0 Å². The summed E-state index contributed by atoms with van der Waals surface area (Å²) in [4.78, 5) is 18.1. The van der Waals surface area contributed by atoms with Gasteiger partial charge in [-0.1, -0.05) is 17.7 Å². The number of anilines is 1. The molecule has 0 amide bonds. The van der Waals surface area contributed by atoms with E-state index < -0.39 is 16.1 Å². The number of nitrogen functional groups attached to an aromatic ring is 1. The van der Waals surface area contributed by atoms with E-state index in [1.807, 2.05) is 22.4 Å². The van der Waals surface area contributed by atoms with Crippen molar-refractivity contribution >= 4 is 76.6 Å². The van der Waals surface area contributed by atoms with Crippen LogP contribution in [0.4, 0.5) is 5.82 Å². The summed E-state index contributed by atoms with van der Waals surface area (Å²) in [5.41, 5.74) is 7.07. The van der Waals surface area contributed by atoms with Crippen molar-refractivity contribution < 1.29 is 13.2 Å². The minimum absolute atomic E-state index is 0.108. The third-order valence-corrected chi connectivity index (χ3v) is 10.3. The molecule has 0 radical (unpaired) electrons. The molecule has 3 aromatic heterocycles. The molecular formula is C21H19ClN4O3S3. The Bertz CT molecular complexity index is 1430. The van der Waals surface area contributed by atoms with Crippen LogP contribution in [0.1, 0.15) is 5.56 Å². The third kappa shape index (κ3) is 3.81. The molecule has 5 rings (SSSR count). The Labute approximate surface area is 198 Å². The first kappa shape index (κ1) is 21.7. The van der Waals surface area contributed by atoms with Gasteiger partial charge in [-0.2, -0.15) is 4.31 Å². The Morgan fingerprint density at radius 3 is 2.88 bits per heavy atom. The number of pyridine rings is 1. The van der Waals surface area contributed by atoms with Gasteiger partial charge in [0.25, 0.3) is 10.0 Å². The van der Waals surface area contributed by atoms with E-state index in [1.165, 1.54) is 15.6 Å². The molecule has 1 saturated heterocycles. The van der Waals surface area contributed by atoms with Crippen LogP contribution in [-0.4, -0.2) is 54.6 Å². The van der Waals surface area contributed by atoms with Gasteiger partial charge in [0.15, 0.2) is 0 Å². The first-order valence-electron chi connectivity index (χ1n) is 9.86. The number of hydrogen-bond donors (Lipinski definition) is 1. The van der Waals surface area contributed by atoms with Crippen molar-refractivity contribution in [1.82, 2.24) is 14.2 Å². The molecule has 2 N–H and O–H groups in total. The Hall–Kier alpha value is -2.08. The van der Waals surface area contributed by atoms with Crippen LogP contribution in [-0.2, 0) is 21.4 Å². The zero-order chi connectivity index (χ0) is 22.5. The highest BCUT2D eigenvalue weighted by atomic mass is 35.5. The minimum Gasteiger partial charge on any atom is -0.383 e. The van der Waals surface area contributed by atoms with E-state index in [9.17, 15) is 13.2 Å². The van der Waals surface area contributed by atoms with Gasteiger partial charge in [-0.3, -0.25) is 4.90 Å². The summed E-state index contributed by atoms with van der Waals surface area (Å²) in [5, 5.41) is 4.32. The minimum atomic E-state index is -3.71. The molecule has 4 heterocycles. The quantitative estimate of drug-likeness (QED) is 0.413. The number of nitrogens with two attached hydrogens (primary N) is 1. The second-order valence-corrected chi connectivity index (χ2v) is 12.2. The molecule has 0 saturated carbocycles. The molecular weight excluding hydrogens is 488 g/mol. The first-order valence-corrected chi connectivity index (χ1v) is 13.4. The normalized spacial score (nSPS) is 18.5. The van der Waals surface area contributed by atoms with Gasteiger partial charge in [0.2, 0.25) is 0 Å². The molecule has 1 aromatic carbocycles. The molecule has 11 heteroatoms. The van der Waals surface area contributed by atoms with Crippen LogP contribution in [0, 0.1) is 0 Å². The van der Waals surface area contributed by atoms with Crippen molar-refractivity contribution in [2.24, 2.45) is 0 Å². The number of aromatic nitrogens is 1. The smallest absolute Gasteiger partial charge is 0.252 e. The largest absolute Gasteiger partial charge is 0.383 e. The third-order valence-electron chi connectivity index (χ3n) is 5.67. The van der Waals surface area contributed by atoms with Gasteiger partial charge < -0.3 is 10.5 Å². The SMILES string of the molecule is Nc1nccc2scc(CN3CCN(S(=O)(=O)c4cc5ccc(Cl)cc5s4)CC3C=O)c12. The van der Waals surface area contributed by atoms with Crippen LogP contribution in [0.5, 0.6) is 0 Å². The summed E-state index contributed by atoms with van der Waals surface area (Å²) >= 11 is 8.81. The second-order valence-electron chi connectivity index (χ2n) is 7.61. The number of hydrogen-bond acceptors (Lipinski definition) is 8. The Morgan fingerprint density at radius 1 is 1.22 bits per heavy atom. The number of halogens is 1. The van der Waals surface area contributed by atoms with Crippen molar-refractivity contribution in [3.8, 4) is 0 Å². The maximum atomic E-state index is 13.3. The Balaban J connectivity index is 1.38. The summed E-state index contributed by atoms with van der Waals surface area (Å²) in [7, 11) is -3.71. The number of rotatable bonds is 5. The fraction of sp³-hybridized carbons (Fsp3) is 0.238. The van der Waals surface area contributed by atoms with Gasteiger partial charge in [-0.15, -0.1) is 22.7 Å². The number of aldehydes is 1. The van der Waals surface area contributed by atoms with Crippen LogP contribution >= 0.6 is 34.3 Å². The predicted octanol–water partition coefficient (Wildman–Crippen LogP) is 3.82. The lowest BCUT2D eigenvalue weighted by atomic mass is 10.1. The summed E-state index contributed by atoms with van der Waals surface area (Å²) < 4.78 is 30.1. The van der Waals surface area contributed by atoms with Crippen LogP contribution in [0.25, 0.3) is 20.2 Å². The molecule has 1 unspecified atom stereocenters. The predicted molar refractivity (Wildman–Crippen MR) is 130 cm³/mol. The van der Waals surface area contributed by atoms with E-state index in [-0.39, 0.29) is 10.8 Å². The monoisotopic (exact) mass is 506 g/mol. The molecule has 4 aromatic rings. The van der Waals surface area contributed by atoms with Crippen molar-refractivity contribution in [3.05, 3.63) is 52.5 Å². The molecule has 1 fully saturated rings. The van der Waals surface area contributed by atoms with Crippen LogP contribution in [0.2, 0.25) is 5.02 Å². The van der Waals surface area contributed by atoms with Crippen molar-refractivity contribution in [3.63, 3.8) is 0 Å². The number of fused-ring (bicyclic) bond motifs is 2. The molecule has 0 aliphatic carbocycles. The number of nitrogens with zero attached hydrogens (tertiary/aromatic N) is 3. The highest BCUT2D eigenvalue weighted by Crippen LogP contribution is 2.34. The molecule has 1 aliphatic heterocycles. The number of carbonyl (C=O) groups is 1. The fourth-order valence-electron chi connectivity index (χ4n) is 4.01. The first-order chi connectivity index (χ1) is 15.4. The van der Waals surface area contributed by atoms with E-state index in [0.29, 0.717) is 30.5 Å². The molecule has 0 bridgehead atoms. The van der Waals surface area contributed by atoms with Crippen LogP contribution in [0.3, 0.4) is 0 Å². The molecule has 32 heavy (non-hydrogen) atoms. The van der Waals surface area contributed by atoms with Gasteiger partial charge in [0.05, 0.1) is 6.04 Å². The fourth-order valence-corrected chi connectivity index (χ4v) is 8.24. The lowest BCUT2D eigenvalue weighted by Crippen LogP contribution is -2.54. The summed E-state index contributed by atoms with van der Waals surface area (Å²) in [5.74, 6) is 0.465. The van der Waals surface area contributed by atoms with E-state index in [4.69, 9.17) is 17.3 Å². The maximum absolute atomic E-state index is 13.3. The molecule has 1 atom stereocenters. The summed E-state index contributed by atoms with van der Waals surface area (Å²) in [6, 6.07) is 8.35. The molecule has 0 spiro atoms. The molecule has 7 nitrogen and oxygen atoms in total. The summed E-state index contributed by atoms with van der Waals surface area (Å²) in [6.45, 7) is 1.36. The van der Waals surface area contributed by atoms with E-state index in [0.717, 1.165) is 32.0 Å². The van der Waals surface area contributed by atoms with E-state index >= 15 is 0 Å². The maximum Gasteiger partial charge on any atom is 0.252 e. The van der Waals surface area contributed by atoms with E-state index in [1.54, 1.807) is 35.7 Å². The lowest BCUT2D eigenvalue weighted by Gasteiger charge is -2.38. The molecule has 166 valence electrons. The number of piperazine rings is 1. The van der Waals surface area contributed by atoms with Crippen molar-refractivity contribution in [2.75, 3.05) is 25.4 Å². The van der Waals surface area contributed by atoms with Gasteiger partial charge in [0, 0.05) is 52.2 Å². The van der Waals surface area contributed by atoms with E-state index in [2.05, 4.69) is 4.98 Å². The van der Waals surface area contributed by atoms with Crippen LogP contribution in [0.15, 0.2) is 46.1 Å². The van der Waals surface area contributed by atoms with Gasteiger partial charge in [0.1, 0.15) is 16.3 Å². The number of carbonyl (C=O) groups excluding carboxylic acids is 1. The average Bonchev–Trinajstić information content (AvgIpc) is 3.39. The highest BCUT2D eigenvalue weighted by Gasteiger charge is 2.35. The standard InChI is InChI=1S/C21H19ClN4O3S3/c22-15-2-1-13-7-19(31-18(13)8-15)32(28,29)26-6-5-25(16(10-26)11-27)9-14-12-30-17-3-4-24-21(23)20(14)17/h1-4,7-8,11-12,16H,5-6,9-10H2,(H2,23,24). The van der Waals surface area contributed by atoms with Crippen LogP contribution < -0.4 is 5.73 Å². The molecule has 1 aliphatic rings. The average molecular weight is 507 g/mol. The second kappa shape index (κ2) is 8.36. The van der Waals surface area contributed by atoms with Gasteiger partial charge in [-0.25, -0.2) is 13.4 Å². The highest BCUT2D eigenvalue weighted by molar-refractivity contribution is 7.91. The topological polar surface area (TPSA) is 96.6 Å². The Kier molecular flexibility index (Phi) is 5.68. The summed E-state index contributed by atoms with van der Waals surface area (Å²) in [6.07, 6.45) is 2.50. The number of sulfonamides is 1. The van der Waals surface area contributed by atoms with Crippen molar-refractivity contribution in [2.45, 2.75) is 16.8 Å². The lowest BCUT2D eigenvalue weighted by molar-refractivity contribution is -0.114. The zero-order valence-corrected chi connectivity index (χ0v) is 20.0. The Morgan fingerprint density at radius 2 is 2.06 bits per heavy atom. The number of thiophene rings is 2. The zero-order valence-electron chi connectivity index (χ0n) is 16.8. The van der Waals surface area contributed by atoms with Gasteiger partial charge in [-0.05, 0) is 40.6 Å².